The van der Waals surface area contributed by atoms with E-state index in [1.165, 1.54) is 81.0 Å². The first-order chi connectivity index (χ1) is 10.8. The number of nitrogens with zero attached hydrogens (tertiary/aromatic N) is 2. The summed E-state index contributed by atoms with van der Waals surface area (Å²) < 4.78 is 2.44. The van der Waals surface area contributed by atoms with E-state index in [-0.39, 0.29) is 0 Å². The van der Waals surface area contributed by atoms with Gasteiger partial charge in [-0.1, -0.05) is 37.5 Å². The molecule has 1 aliphatic rings. The highest BCUT2D eigenvalue weighted by atomic mass is 15.1. The van der Waals surface area contributed by atoms with Gasteiger partial charge in [0.25, 0.3) is 0 Å². The third-order valence-corrected chi connectivity index (χ3v) is 5.06. The molecule has 2 heteroatoms. The van der Waals surface area contributed by atoms with E-state index in [0.717, 1.165) is 6.54 Å². The average molecular weight is 298 g/mol. The molecular formula is C20H30N2. The second-order valence-corrected chi connectivity index (χ2v) is 6.84. The second kappa shape index (κ2) is 7.82. The van der Waals surface area contributed by atoms with Crippen molar-refractivity contribution in [3.63, 3.8) is 0 Å². The van der Waals surface area contributed by atoms with Crippen molar-refractivity contribution in [2.24, 2.45) is 0 Å². The molecule has 3 rings (SSSR count). The van der Waals surface area contributed by atoms with Crippen LogP contribution in [0.25, 0.3) is 10.9 Å². The molecule has 0 unspecified atom stereocenters. The van der Waals surface area contributed by atoms with Gasteiger partial charge in [-0.15, -0.1) is 0 Å². The highest BCUT2D eigenvalue weighted by Gasteiger charge is 2.09. The molecule has 1 fully saturated rings. The third kappa shape index (κ3) is 3.92. The Labute approximate surface area is 135 Å². The predicted octanol–water partition coefficient (Wildman–Crippen LogP) is 5.00. The minimum absolute atomic E-state index is 1.16. The number of unbranched alkanes of at least 4 members (excludes halogenated alkanes) is 3. The van der Waals surface area contributed by atoms with Crippen LogP contribution in [0.1, 0.15) is 50.5 Å². The van der Waals surface area contributed by atoms with Gasteiger partial charge in [-0.25, -0.2) is 0 Å². The molecule has 1 aliphatic heterocycles. The lowest BCUT2D eigenvalue weighted by Gasteiger charge is -2.26. The fourth-order valence-electron chi connectivity index (χ4n) is 3.77. The van der Waals surface area contributed by atoms with E-state index < -0.39 is 0 Å². The molecule has 0 saturated carbocycles. The maximum Gasteiger partial charge on any atom is 0.0483 e. The van der Waals surface area contributed by atoms with Gasteiger partial charge < -0.3 is 9.47 Å². The molecule has 0 atom stereocenters. The van der Waals surface area contributed by atoms with Crippen LogP contribution in [-0.4, -0.2) is 29.1 Å². The summed E-state index contributed by atoms with van der Waals surface area (Å²) in [5.74, 6) is 0. The number of likely N-dealkylation sites (tertiary alicyclic amines) is 1. The Morgan fingerprint density at radius 2 is 1.59 bits per heavy atom. The Kier molecular flexibility index (Phi) is 5.55. The lowest BCUT2D eigenvalue weighted by atomic mass is 10.1. The SMILES string of the molecule is Cc1cn(CCCCCCN2CCCCC2)c2ccccc12. The number of para-hydroxylation sites is 1. The van der Waals surface area contributed by atoms with Crippen LogP contribution in [0, 0.1) is 6.92 Å². The van der Waals surface area contributed by atoms with Crippen LogP contribution in [-0.2, 0) is 6.54 Å². The van der Waals surface area contributed by atoms with Crippen LogP contribution in [0.2, 0.25) is 0 Å². The number of aromatic nitrogens is 1. The van der Waals surface area contributed by atoms with Crippen molar-refractivity contribution >= 4 is 10.9 Å². The first-order valence-corrected chi connectivity index (χ1v) is 9.11. The molecule has 1 aromatic heterocycles. The normalized spacial score (nSPS) is 16.4. The zero-order valence-corrected chi connectivity index (χ0v) is 14.1. The number of hydrogen-bond acceptors (Lipinski definition) is 1. The van der Waals surface area contributed by atoms with E-state index >= 15 is 0 Å². The molecule has 0 aliphatic carbocycles. The highest BCUT2D eigenvalue weighted by Crippen LogP contribution is 2.21. The van der Waals surface area contributed by atoms with E-state index in [2.05, 4.69) is 46.9 Å². The molecule has 1 saturated heterocycles. The molecule has 0 spiro atoms. The highest BCUT2D eigenvalue weighted by molar-refractivity contribution is 5.83. The number of rotatable bonds is 7. The van der Waals surface area contributed by atoms with Gasteiger partial charge >= 0.3 is 0 Å². The maximum absolute atomic E-state index is 2.66. The summed E-state index contributed by atoms with van der Waals surface area (Å²) in [5.41, 5.74) is 2.80. The van der Waals surface area contributed by atoms with Crippen molar-refractivity contribution in [2.45, 2.75) is 58.4 Å². The zero-order chi connectivity index (χ0) is 15.2. The largest absolute Gasteiger partial charge is 0.347 e. The van der Waals surface area contributed by atoms with Crippen molar-refractivity contribution in [2.75, 3.05) is 19.6 Å². The second-order valence-electron chi connectivity index (χ2n) is 6.84. The van der Waals surface area contributed by atoms with Crippen molar-refractivity contribution in [3.8, 4) is 0 Å². The van der Waals surface area contributed by atoms with E-state index in [1.54, 1.807) is 0 Å². The smallest absolute Gasteiger partial charge is 0.0483 e. The summed E-state index contributed by atoms with van der Waals surface area (Å²) in [7, 11) is 0. The van der Waals surface area contributed by atoms with Crippen molar-refractivity contribution in [1.29, 1.82) is 0 Å². The molecular weight excluding hydrogens is 268 g/mol. The van der Waals surface area contributed by atoms with Crippen LogP contribution >= 0.6 is 0 Å². The van der Waals surface area contributed by atoms with Gasteiger partial charge in [0, 0.05) is 23.6 Å². The number of hydrogen-bond donors (Lipinski definition) is 0. The molecule has 0 radical (unpaired) electrons. The van der Waals surface area contributed by atoms with Gasteiger partial charge in [0.15, 0.2) is 0 Å². The molecule has 0 N–H and O–H groups in total. The topological polar surface area (TPSA) is 8.17 Å². The summed E-state index contributed by atoms with van der Waals surface area (Å²) in [5, 5.41) is 1.41. The van der Waals surface area contributed by atoms with Crippen LogP contribution in [0.4, 0.5) is 0 Å². The van der Waals surface area contributed by atoms with Crippen LogP contribution in [0.5, 0.6) is 0 Å². The van der Waals surface area contributed by atoms with E-state index in [9.17, 15) is 0 Å². The summed E-state index contributed by atoms with van der Waals surface area (Å²) in [6.45, 7) is 7.39. The Bertz CT molecular complexity index is 578. The van der Waals surface area contributed by atoms with E-state index in [0.29, 0.717) is 0 Å². The lowest BCUT2D eigenvalue weighted by Crippen LogP contribution is -2.30. The summed E-state index contributed by atoms with van der Waals surface area (Å²) in [4.78, 5) is 2.66. The number of fused-ring (bicyclic) bond motifs is 1. The number of benzene rings is 1. The average Bonchev–Trinajstić information content (AvgIpc) is 2.88. The van der Waals surface area contributed by atoms with E-state index in [1.807, 2.05) is 0 Å². The monoisotopic (exact) mass is 298 g/mol. The number of piperidine rings is 1. The van der Waals surface area contributed by atoms with Gasteiger partial charge in [0.1, 0.15) is 0 Å². The predicted molar refractivity (Wildman–Crippen MR) is 95.4 cm³/mol. The Hall–Kier alpha value is -1.28. The fraction of sp³-hybridized carbons (Fsp3) is 0.600. The quantitative estimate of drug-likeness (QED) is 0.653. The molecule has 2 nitrogen and oxygen atoms in total. The Morgan fingerprint density at radius 3 is 2.41 bits per heavy atom. The fourth-order valence-corrected chi connectivity index (χ4v) is 3.77. The first kappa shape index (κ1) is 15.6. The van der Waals surface area contributed by atoms with Crippen molar-refractivity contribution in [1.82, 2.24) is 9.47 Å². The van der Waals surface area contributed by atoms with Crippen molar-refractivity contribution in [3.05, 3.63) is 36.0 Å². The molecule has 2 heterocycles. The standard InChI is InChI=1S/C20H30N2/c1-18-17-22(20-12-6-5-11-19(18)20)16-10-3-2-7-13-21-14-8-4-9-15-21/h5-6,11-12,17H,2-4,7-10,13-16H2,1H3. The zero-order valence-electron chi connectivity index (χ0n) is 14.1. The van der Waals surface area contributed by atoms with Crippen LogP contribution in [0.15, 0.2) is 30.5 Å². The number of aryl methyl sites for hydroxylation is 2. The first-order valence-electron chi connectivity index (χ1n) is 9.11. The maximum atomic E-state index is 2.66. The minimum Gasteiger partial charge on any atom is -0.347 e. The van der Waals surface area contributed by atoms with Crippen molar-refractivity contribution < 1.29 is 0 Å². The molecule has 120 valence electrons. The molecule has 0 amide bonds. The Balaban J connectivity index is 1.37. The molecule has 1 aromatic carbocycles. The van der Waals surface area contributed by atoms with Gasteiger partial charge in [-0.2, -0.15) is 0 Å². The Morgan fingerprint density at radius 1 is 0.864 bits per heavy atom. The molecule has 2 aromatic rings. The lowest BCUT2D eigenvalue weighted by molar-refractivity contribution is 0.224. The minimum atomic E-state index is 1.16. The van der Waals surface area contributed by atoms with Gasteiger partial charge in [-0.3, -0.25) is 0 Å². The molecule has 0 bridgehead atoms. The van der Waals surface area contributed by atoms with Crippen LogP contribution in [0.3, 0.4) is 0 Å². The molecule has 22 heavy (non-hydrogen) atoms. The van der Waals surface area contributed by atoms with E-state index in [4.69, 9.17) is 0 Å². The van der Waals surface area contributed by atoms with Gasteiger partial charge in [0.05, 0.1) is 0 Å². The van der Waals surface area contributed by atoms with Gasteiger partial charge in [0.2, 0.25) is 0 Å². The summed E-state index contributed by atoms with van der Waals surface area (Å²) in [6.07, 6.45) is 12.0. The summed E-state index contributed by atoms with van der Waals surface area (Å²) in [6, 6.07) is 8.77. The van der Waals surface area contributed by atoms with Gasteiger partial charge in [-0.05, 0) is 63.9 Å². The summed E-state index contributed by atoms with van der Waals surface area (Å²) >= 11 is 0. The van der Waals surface area contributed by atoms with Crippen LogP contribution < -0.4 is 0 Å². The third-order valence-electron chi connectivity index (χ3n) is 5.06.